The molecule has 1 saturated heterocycles. The average Bonchev–Trinajstić information content (AvgIpc) is 2.67. The number of rotatable bonds is 4. The van der Waals surface area contributed by atoms with E-state index in [0.29, 0.717) is 25.4 Å². The van der Waals surface area contributed by atoms with Crippen LogP contribution in [0, 0.1) is 12.8 Å². The lowest BCUT2D eigenvalue weighted by molar-refractivity contribution is -0.131. The Bertz CT molecular complexity index is 392. The van der Waals surface area contributed by atoms with Crippen LogP contribution in [0.4, 0.5) is 0 Å². The highest BCUT2D eigenvalue weighted by Gasteiger charge is 2.24. The van der Waals surface area contributed by atoms with E-state index in [4.69, 9.17) is 4.74 Å². The van der Waals surface area contributed by atoms with Gasteiger partial charge in [-0.3, -0.25) is 9.69 Å². The predicted molar refractivity (Wildman–Crippen MR) is 67.1 cm³/mol. The van der Waals surface area contributed by atoms with Crippen LogP contribution in [-0.2, 0) is 16.1 Å². The van der Waals surface area contributed by atoms with E-state index in [9.17, 15) is 4.79 Å². The molecule has 1 aliphatic rings. The first-order valence-electron chi connectivity index (χ1n) is 5.85. The van der Waals surface area contributed by atoms with Gasteiger partial charge in [-0.25, -0.2) is 4.98 Å². The second kappa shape index (κ2) is 5.71. The van der Waals surface area contributed by atoms with Crippen molar-refractivity contribution in [2.75, 3.05) is 26.8 Å². The highest BCUT2D eigenvalue weighted by Crippen LogP contribution is 2.14. The van der Waals surface area contributed by atoms with E-state index in [1.165, 1.54) is 0 Å². The van der Waals surface area contributed by atoms with Gasteiger partial charge >= 0.3 is 0 Å². The van der Waals surface area contributed by atoms with Crippen LogP contribution < -0.4 is 0 Å². The highest BCUT2D eigenvalue weighted by molar-refractivity contribution is 7.09. The zero-order valence-electron chi connectivity index (χ0n) is 10.3. The molecule has 0 aromatic carbocycles. The number of thiazole rings is 1. The summed E-state index contributed by atoms with van der Waals surface area (Å²) in [6.45, 7) is 4.72. The van der Waals surface area contributed by atoms with Crippen LogP contribution in [0.15, 0.2) is 5.38 Å². The summed E-state index contributed by atoms with van der Waals surface area (Å²) < 4.78 is 5.35. The van der Waals surface area contributed by atoms with E-state index in [0.717, 1.165) is 23.8 Å². The van der Waals surface area contributed by atoms with Gasteiger partial charge in [-0.15, -0.1) is 11.3 Å². The van der Waals surface area contributed by atoms with Crippen LogP contribution in [0.25, 0.3) is 0 Å². The molecule has 1 fully saturated rings. The minimum atomic E-state index is 0.0356. The Morgan fingerprint density at radius 2 is 2.47 bits per heavy atom. The molecule has 2 rings (SSSR count). The molecule has 2 heterocycles. The second-order valence-corrected chi connectivity index (χ2v) is 5.60. The molecule has 1 atom stereocenters. The maximum atomic E-state index is 11.7. The Morgan fingerprint density at radius 1 is 1.65 bits per heavy atom. The van der Waals surface area contributed by atoms with Gasteiger partial charge in [0.1, 0.15) is 5.78 Å². The molecule has 5 heteroatoms. The Kier molecular flexibility index (Phi) is 4.25. The van der Waals surface area contributed by atoms with Crippen LogP contribution in [0.1, 0.15) is 17.1 Å². The van der Waals surface area contributed by atoms with Crippen molar-refractivity contribution in [3.63, 3.8) is 0 Å². The molecule has 1 aliphatic heterocycles. The number of hydrogen-bond donors (Lipinski definition) is 0. The first-order chi connectivity index (χ1) is 8.15. The van der Waals surface area contributed by atoms with E-state index in [2.05, 4.69) is 15.3 Å². The molecule has 0 saturated carbocycles. The summed E-state index contributed by atoms with van der Waals surface area (Å²) in [5.41, 5.74) is 1.08. The lowest BCUT2D eigenvalue weighted by Gasteiger charge is -2.25. The zero-order chi connectivity index (χ0) is 12.3. The smallest absolute Gasteiger partial charge is 0.141 e. The molecule has 0 spiro atoms. The van der Waals surface area contributed by atoms with Gasteiger partial charge in [0.15, 0.2) is 0 Å². The fourth-order valence-electron chi connectivity index (χ4n) is 2.05. The largest absolute Gasteiger partial charge is 0.380 e. The van der Waals surface area contributed by atoms with Crippen molar-refractivity contribution in [2.45, 2.75) is 19.9 Å². The van der Waals surface area contributed by atoms with E-state index in [-0.39, 0.29) is 5.92 Å². The minimum Gasteiger partial charge on any atom is -0.380 e. The predicted octanol–water partition coefficient (Wildman–Crippen LogP) is 1.49. The Balaban J connectivity index is 1.84. The third-order valence-corrected chi connectivity index (χ3v) is 3.72. The standard InChI is InChI=1S/C12H18N2O2S/c1-9-13-11(8-17-9)6-14(2)5-10-7-16-4-3-12(10)15/h8,10H,3-7H2,1-2H3. The number of carbonyl (C=O) groups excluding carboxylic acids is 1. The summed E-state index contributed by atoms with van der Waals surface area (Å²) in [5.74, 6) is 0.367. The molecule has 4 nitrogen and oxygen atoms in total. The molecule has 0 bridgehead atoms. The van der Waals surface area contributed by atoms with Crippen LogP contribution >= 0.6 is 11.3 Å². The highest BCUT2D eigenvalue weighted by atomic mass is 32.1. The summed E-state index contributed by atoms with van der Waals surface area (Å²) in [4.78, 5) is 18.2. The fraction of sp³-hybridized carbons (Fsp3) is 0.667. The van der Waals surface area contributed by atoms with Gasteiger partial charge in [-0.2, -0.15) is 0 Å². The summed E-state index contributed by atoms with van der Waals surface area (Å²) in [7, 11) is 2.02. The number of hydrogen-bond acceptors (Lipinski definition) is 5. The topological polar surface area (TPSA) is 42.4 Å². The first-order valence-corrected chi connectivity index (χ1v) is 6.73. The molecule has 94 valence electrons. The van der Waals surface area contributed by atoms with Gasteiger partial charge in [0.05, 0.1) is 29.8 Å². The van der Waals surface area contributed by atoms with Crippen LogP contribution in [-0.4, -0.2) is 42.5 Å². The minimum absolute atomic E-state index is 0.0356. The SMILES string of the molecule is Cc1nc(CN(C)CC2COCCC2=O)cs1. The van der Waals surface area contributed by atoms with Crippen LogP contribution in [0.3, 0.4) is 0 Å². The van der Waals surface area contributed by atoms with Crippen molar-refractivity contribution in [3.05, 3.63) is 16.1 Å². The number of carbonyl (C=O) groups is 1. The van der Waals surface area contributed by atoms with Crippen LogP contribution in [0.5, 0.6) is 0 Å². The number of nitrogens with zero attached hydrogens (tertiary/aromatic N) is 2. The molecule has 0 amide bonds. The number of ether oxygens (including phenoxy) is 1. The van der Waals surface area contributed by atoms with E-state index >= 15 is 0 Å². The van der Waals surface area contributed by atoms with Gasteiger partial charge in [0.2, 0.25) is 0 Å². The number of aryl methyl sites for hydroxylation is 1. The molecule has 17 heavy (non-hydrogen) atoms. The van der Waals surface area contributed by atoms with Gasteiger partial charge in [0.25, 0.3) is 0 Å². The Hall–Kier alpha value is -0.780. The second-order valence-electron chi connectivity index (χ2n) is 4.54. The van der Waals surface area contributed by atoms with Gasteiger partial charge in [0, 0.05) is 24.9 Å². The third-order valence-electron chi connectivity index (χ3n) is 2.90. The van der Waals surface area contributed by atoms with Gasteiger partial charge in [-0.1, -0.05) is 0 Å². The van der Waals surface area contributed by atoms with Gasteiger partial charge in [-0.05, 0) is 14.0 Å². The Labute approximate surface area is 106 Å². The molecule has 0 aliphatic carbocycles. The molecule has 1 aromatic rings. The molecule has 0 N–H and O–H groups in total. The lowest BCUT2D eigenvalue weighted by atomic mass is 10.0. The van der Waals surface area contributed by atoms with E-state index in [1.54, 1.807) is 11.3 Å². The molecule has 0 radical (unpaired) electrons. The van der Waals surface area contributed by atoms with E-state index in [1.807, 2.05) is 14.0 Å². The van der Waals surface area contributed by atoms with Gasteiger partial charge < -0.3 is 4.74 Å². The van der Waals surface area contributed by atoms with Crippen molar-refractivity contribution in [1.29, 1.82) is 0 Å². The summed E-state index contributed by atoms with van der Waals surface area (Å²) >= 11 is 1.66. The average molecular weight is 254 g/mol. The van der Waals surface area contributed by atoms with Crippen molar-refractivity contribution >= 4 is 17.1 Å². The lowest BCUT2D eigenvalue weighted by Crippen LogP contribution is -2.36. The summed E-state index contributed by atoms with van der Waals surface area (Å²) in [5, 5.41) is 3.16. The quantitative estimate of drug-likeness (QED) is 0.816. The maximum Gasteiger partial charge on any atom is 0.141 e. The summed E-state index contributed by atoms with van der Waals surface area (Å²) in [6.07, 6.45) is 0.564. The third kappa shape index (κ3) is 3.59. The van der Waals surface area contributed by atoms with Crippen molar-refractivity contribution in [1.82, 2.24) is 9.88 Å². The monoisotopic (exact) mass is 254 g/mol. The van der Waals surface area contributed by atoms with E-state index < -0.39 is 0 Å². The normalized spacial score (nSPS) is 21.1. The molecule has 1 aromatic heterocycles. The Morgan fingerprint density at radius 3 is 3.12 bits per heavy atom. The molecule has 1 unspecified atom stereocenters. The molecular formula is C12H18N2O2S. The summed E-state index contributed by atoms with van der Waals surface area (Å²) in [6, 6.07) is 0. The fourth-order valence-corrected chi connectivity index (χ4v) is 2.65. The number of ketones is 1. The van der Waals surface area contributed by atoms with Crippen molar-refractivity contribution in [2.24, 2.45) is 5.92 Å². The zero-order valence-corrected chi connectivity index (χ0v) is 11.1. The van der Waals surface area contributed by atoms with Crippen LogP contribution in [0.2, 0.25) is 0 Å². The van der Waals surface area contributed by atoms with Crippen molar-refractivity contribution in [3.8, 4) is 0 Å². The molecular weight excluding hydrogens is 236 g/mol. The number of Topliss-reactive ketones (excluding diaryl/α,β-unsaturated/α-hetero) is 1. The first kappa shape index (κ1) is 12.7. The van der Waals surface area contributed by atoms with Crippen molar-refractivity contribution < 1.29 is 9.53 Å². The maximum absolute atomic E-state index is 11.7. The number of aromatic nitrogens is 1.